The average Bonchev–Trinajstić information content (AvgIpc) is 2.87. The number of benzene rings is 2. The Bertz CT molecular complexity index is 1010. The van der Waals surface area contributed by atoms with E-state index in [2.05, 4.69) is 90.3 Å². The molecule has 1 nitrogen and oxygen atoms in total. The second-order valence-electron chi connectivity index (χ2n) is 10.9. The van der Waals surface area contributed by atoms with Crippen LogP contribution in [0.5, 0.6) is 0 Å². The lowest BCUT2D eigenvalue weighted by molar-refractivity contribution is 0.397. The molecule has 3 aromatic rings. The first-order valence-corrected chi connectivity index (χ1v) is 12.1. The van der Waals surface area contributed by atoms with Crippen molar-refractivity contribution < 1.29 is 0 Å². The number of nitrogens with zero attached hydrogens (tertiary/aromatic N) is 1. The molecule has 0 aliphatic heterocycles. The molecular weight excluding hydrogens is 406 g/mol. The van der Waals surface area contributed by atoms with Crippen LogP contribution in [0.15, 0.2) is 47.4 Å². The highest BCUT2D eigenvalue weighted by Gasteiger charge is 2.26. The topological polar surface area (TPSA) is 4.93 Å². The molecule has 162 valence electrons. The van der Waals surface area contributed by atoms with Gasteiger partial charge in [-0.05, 0) is 53.1 Å². The summed E-state index contributed by atoms with van der Waals surface area (Å²) in [5.74, 6) is 0.521. The Morgan fingerprint density at radius 3 is 2.10 bits per heavy atom. The Balaban J connectivity index is 2.27. The first-order chi connectivity index (χ1) is 13.8. The molecule has 1 heterocycles. The van der Waals surface area contributed by atoms with Crippen LogP contribution < -0.4 is 0 Å². The first-order valence-electron chi connectivity index (χ1n) is 10.9. The quantitative estimate of drug-likeness (QED) is 0.357. The minimum Gasteiger partial charge on any atom is -0.339 e. The van der Waals surface area contributed by atoms with Gasteiger partial charge in [0, 0.05) is 37.8 Å². The van der Waals surface area contributed by atoms with Crippen molar-refractivity contribution in [3.63, 3.8) is 0 Å². The van der Waals surface area contributed by atoms with Crippen molar-refractivity contribution in [2.45, 2.75) is 83.9 Å². The van der Waals surface area contributed by atoms with Crippen molar-refractivity contribution in [1.82, 2.24) is 4.57 Å². The summed E-state index contributed by atoms with van der Waals surface area (Å²) in [7, 11) is 0. The van der Waals surface area contributed by atoms with Gasteiger partial charge in [-0.25, -0.2) is 0 Å². The van der Waals surface area contributed by atoms with Crippen LogP contribution in [-0.4, -0.2) is 9.31 Å². The van der Waals surface area contributed by atoms with Crippen molar-refractivity contribution >= 4 is 34.3 Å². The van der Waals surface area contributed by atoms with Crippen molar-refractivity contribution in [2.24, 2.45) is 5.41 Å². The van der Waals surface area contributed by atoms with Gasteiger partial charge in [-0.1, -0.05) is 85.2 Å². The molecule has 0 saturated heterocycles. The van der Waals surface area contributed by atoms with E-state index in [9.17, 15) is 0 Å². The Labute approximate surface area is 192 Å². The Hall–Kier alpha value is -1.38. The molecule has 0 radical (unpaired) electrons. The molecule has 0 spiro atoms. The highest BCUT2D eigenvalue weighted by molar-refractivity contribution is 8.00. The number of thioether (sulfide) groups is 1. The molecule has 3 heteroatoms. The van der Waals surface area contributed by atoms with Crippen molar-refractivity contribution in [3.05, 3.63) is 64.3 Å². The van der Waals surface area contributed by atoms with Gasteiger partial charge in [-0.3, -0.25) is 0 Å². The fourth-order valence-corrected chi connectivity index (χ4v) is 5.12. The van der Waals surface area contributed by atoms with E-state index in [4.69, 9.17) is 11.6 Å². The minimum absolute atomic E-state index is 0.153. The van der Waals surface area contributed by atoms with Crippen molar-refractivity contribution in [3.8, 4) is 0 Å². The van der Waals surface area contributed by atoms with Crippen LogP contribution in [0.25, 0.3) is 10.9 Å². The Morgan fingerprint density at radius 2 is 1.57 bits per heavy atom. The molecule has 30 heavy (non-hydrogen) atoms. The van der Waals surface area contributed by atoms with Crippen LogP contribution in [0.2, 0.25) is 5.02 Å². The van der Waals surface area contributed by atoms with Gasteiger partial charge in [0.15, 0.2) is 0 Å². The number of rotatable bonds is 5. The van der Waals surface area contributed by atoms with Gasteiger partial charge in [-0.15, -0.1) is 11.8 Å². The second-order valence-corrected chi connectivity index (χ2v) is 13.1. The molecule has 0 N–H and O–H groups in total. The zero-order valence-corrected chi connectivity index (χ0v) is 21.3. The van der Waals surface area contributed by atoms with E-state index in [1.165, 1.54) is 32.6 Å². The fraction of sp³-hybridized carbons (Fsp3) is 0.481. The molecule has 2 aromatic carbocycles. The highest BCUT2D eigenvalue weighted by atomic mass is 35.5. The summed E-state index contributed by atoms with van der Waals surface area (Å²) >= 11 is 8.15. The van der Waals surface area contributed by atoms with Crippen LogP contribution in [0.4, 0.5) is 0 Å². The third kappa shape index (κ3) is 5.65. The maximum absolute atomic E-state index is 6.14. The van der Waals surface area contributed by atoms with Gasteiger partial charge < -0.3 is 4.57 Å². The molecular formula is C27H36ClNS. The van der Waals surface area contributed by atoms with Crippen molar-refractivity contribution in [2.75, 3.05) is 0 Å². The maximum Gasteiger partial charge on any atom is 0.0497 e. The normalized spacial score (nSPS) is 12.9. The van der Waals surface area contributed by atoms with Gasteiger partial charge in [0.25, 0.3) is 0 Å². The van der Waals surface area contributed by atoms with E-state index in [-0.39, 0.29) is 10.2 Å². The average molecular weight is 442 g/mol. The largest absolute Gasteiger partial charge is 0.339 e. The van der Waals surface area contributed by atoms with E-state index in [1.807, 2.05) is 23.9 Å². The van der Waals surface area contributed by atoms with E-state index in [1.54, 1.807) is 0 Å². The molecule has 0 aliphatic carbocycles. The fourth-order valence-electron chi connectivity index (χ4n) is 3.80. The lowest BCUT2D eigenvalue weighted by Crippen LogP contribution is -2.16. The first kappa shape index (κ1) is 23.3. The predicted octanol–water partition coefficient (Wildman–Crippen LogP) is 8.95. The highest BCUT2D eigenvalue weighted by Crippen LogP contribution is 2.43. The SMILES string of the molecule is CC(C)c1ccc2c(c1)c(SC(C)(C)C)c(CC(C)(C)C)n2Cc1ccc(Cl)cc1. The number of fused-ring (bicyclic) bond motifs is 1. The summed E-state index contributed by atoms with van der Waals surface area (Å²) < 4.78 is 2.70. The van der Waals surface area contributed by atoms with Gasteiger partial charge in [0.05, 0.1) is 0 Å². The van der Waals surface area contributed by atoms with Gasteiger partial charge in [0.2, 0.25) is 0 Å². The summed E-state index contributed by atoms with van der Waals surface area (Å²) in [5, 5.41) is 2.19. The minimum atomic E-state index is 0.153. The molecule has 0 unspecified atom stereocenters. The summed E-state index contributed by atoms with van der Waals surface area (Å²) in [4.78, 5) is 1.45. The summed E-state index contributed by atoms with van der Waals surface area (Å²) in [6.07, 6.45) is 1.05. The number of aromatic nitrogens is 1. The van der Waals surface area contributed by atoms with Gasteiger partial charge in [-0.2, -0.15) is 0 Å². The molecule has 1 aromatic heterocycles. The van der Waals surface area contributed by atoms with Gasteiger partial charge in [0.1, 0.15) is 0 Å². The summed E-state index contributed by atoms with van der Waals surface area (Å²) in [5.41, 5.74) is 5.68. The number of hydrogen-bond donors (Lipinski definition) is 0. The van der Waals surface area contributed by atoms with Crippen LogP contribution in [0.1, 0.15) is 78.1 Å². The van der Waals surface area contributed by atoms with Crippen LogP contribution in [0.3, 0.4) is 0 Å². The lowest BCUT2D eigenvalue weighted by Gasteiger charge is -2.24. The lowest BCUT2D eigenvalue weighted by atomic mass is 9.90. The molecule has 0 aliphatic rings. The maximum atomic E-state index is 6.14. The summed E-state index contributed by atoms with van der Waals surface area (Å²) in [6, 6.07) is 15.3. The number of halogens is 1. The van der Waals surface area contributed by atoms with E-state index in [0.29, 0.717) is 5.92 Å². The zero-order chi connectivity index (χ0) is 22.3. The Morgan fingerprint density at radius 1 is 0.933 bits per heavy atom. The third-order valence-electron chi connectivity index (χ3n) is 5.17. The molecule has 0 atom stereocenters. The van der Waals surface area contributed by atoms with Crippen LogP contribution >= 0.6 is 23.4 Å². The van der Waals surface area contributed by atoms with E-state index >= 15 is 0 Å². The molecule has 0 saturated carbocycles. The molecule has 0 fully saturated rings. The second kappa shape index (κ2) is 8.63. The summed E-state index contributed by atoms with van der Waals surface area (Å²) in [6.45, 7) is 19.4. The smallest absolute Gasteiger partial charge is 0.0497 e. The van der Waals surface area contributed by atoms with Crippen LogP contribution in [0, 0.1) is 5.41 Å². The number of hydrogen-bond acceptors (Lipinski definition) is 1. The molecule has 0 amide bonds. The van der Waals surface area contributed by atoms with E-state index in [0.717, 1.165) is 18.0 Å². The molecule has 0 bridgehead atoms. The van der Waals surface area contributed by atoms with Crippen LogP contribution in [-0.2, 0) is 13.0 Å². The standard InChI is InChI=1S/C27H36ClNS/c1-18(2)20-11-14-23-22(15-20)25(30-27(6,7)8)24(16-26(3,4)5)29(23)17-19-9-12-21(28)13-10-19/h9-15,18H,16-17H2,1-8H3. The van der Waals surface area contributed by atoms with Crippen molar-refractivity contribution in [1.29, 1.82) is 0 Å². The Kier molecular flexibility index (Phi) is 6.70. The van der Waals surface area contributed by atoms with Gasteiger partial charge >= 0.3 is 0 Å². The monoisotopic (exact) mass is 441 g/mol. The zero-order valence-electron chi connectivity index (χ0n) is 19.8. The third-order valence-corrected chi connectivity index (χ3v) is 6.69. The molecule has 3 rings (SSSR count). The predicted molar refractivity (Wildman–Crippen MR) is 135 cm³/mol. The van der Waals surface area contributed by atoms with E-state index < -0.39 is 0 Å².